The van der Waals surface area contributed by atoms with Crippen molar-refractivity contribution in [2.45, 2.75) is 59.7 Å². The number of carbonyl (C=O) groups is 1. The Labute approximate surface area is 117 Å². The quantitative estimate of drug-likeness (QED) is 0.688. The van der Waals surface area contributed by atoms with Crippen LogP contribution >= 0.6 is 0 Å². The number of hydrogen-bond acceptors (Lipinski definition) is 3. The van der Waals surface area contributed by atoms with E-state index in [4.69, 9.17) is 4.74 Å². The number of carbonyl (C=O) groups excluding carboxylic acids is 1. The first-order valence-corrected chi connectivity index (χ1v) is 7.61. The SMILES string of the molecule is CCC(C)C1NC(C)N(CCCOCC(C)C)C1=O. The molecule has 19 heavy (non-hydrogen) atoms. The molecule has 1 N–H and O–H groups in total. The van der Waals surface area contributed by atoms with Crippen LogP contribution in [0.15, 0.2) is 0 Å². The highest BCUT2D eigenvalue weighted by Crippen LogP contribution is 2.19. The van der Waals surface area contributed by atoms with Crippen molar-refractivity contribution in [1.82, 2.24) is 10.2 Å². The summed E-state index contributed by atoms with van der Waals surface area (Å²) in [6, 6.07) is -0.00316. The minimum atomic E-state index is -0.00316. The molecule has 0 aliphatic carbocycles. The maximum atomic E-state index is 12.3. The van der Waals surface area contributed by atoms with Gasteiger partial charge in [-0.05, 0) is 25.2 Å². The number of nitrogens with one attached hydrogen (secondary N) is 1. The predicted octanol–water partition coefficient (Wildman–Crippen LogP) is 2.24. The van der Waals surface area contributed by atoms with Crippen molar-refractivity contribution >= 4 is 5.91 Å². The Kier molecular flexibility index (Phi) is 6.80. The summed E-state index contributed by atoms with van der Waals surface area (Å²) >= 11 is 0. The fourth-order valence-electron chi connectivity index (χ4n) is 2.39. The van der Waals surface area contributed by atoms with Crippen molar-refractivity contribution in [2.75, 3.05) is 19.8 Å². The maximum absolute atomic E-state index is 12.3. The third-order valence-electron chi connectivity index (χ3n) is 3.79. The third-order valence-corrected chi connectivity index (χ3v) is 3.79. The molecule has 3 atom stereocenters. The lowest BCUT2D eigenvalue weighted by Gasteiger charge is -2.21. The standard InChI is InChI=1S/C15H30N2O2/c1-6-12(4)14-15(18)17(13(5)16-14)8-7-9-19-10-11(2)3/h11-14,16H,6-10H2,1-5H3. The van der Waals surface area contributed by atoms with Crippen LogP contribution in [-0.4, -0.2) is 42.8 Å². The molecule has 0 radical (unpaired) electrons. The summed E-state index contributed by atoms with van der Waals surface area (Å²) in [5.74, 6) is 1.23. The molecule has 0 saturated carbocycles. The Morgan fingerprint density at radius 2 is 2.05 bits per heavy atom. The largest absolute Gasteiger partial charge is 0.381 e. The van der Waals surface area contributed by atoms with Crippen molar-refractivity contribution in [3.63, 3.8) is 0 Å². The predicted molar refractivity (Wildman–Crippen MR) is 77.8 cm³/mol. The minimum absolute atomic E-state index is 0.00316. The molecule has 1 rings (SSSR count). The van der Waals surface area contributed by atoms with Crippen molar-refractivity contribution in [3.8, 4) is 0 Å². The molecule has 0 bridgehead atoms. The molecule has 4 heteroatoms. The highest BCUT2D eigenvalue weighted by Gasteiger charge is 2.38. The fourth-order valence-corrected chi connectivity index (χ4v) is 2.39. The molecule has 0 aromatic carbocycles. The van der Waals surface area contributed by atoms with Gasteiger partial charge < -0.3 is 9.64 Å². The summed E-state index contributed by atoms with van der Waals surface area (Å²) in [6.45, 7) is 13.0. The van der Waals surface area contributed by atoms with Crippen LogP contribution in [-0.2, 0) is 9.53 Å². The van der Waals surface area contributed by atoms with Gasteiger partial charge in [-0.2, -0.15) is 0 Å². The summed E-state index contributed by atoms with van der Waals surface area (Å²) in [6.07, 6.45) is 2.09. The average Bonchev–Trinajstić information content (AvgIpc) is 2.64. The maximum Gasteiger partial charge on any atom is 0.241 e. The van der Waals surface area contributed by atoms with Gasteiger partial charge in [0.1, 0.15) is 0 Å². The van der Waals surface area contributed by atoms with Gasteiger partial charge in [0.2, 0.25) is 5.91 Å². The Morgan fingerprint density at radius 3 is 2.63 bits per heavy atom. The monoisotopic (exact) mass is 270 g/mol. The van der Waals surface area contributed by atoms with Gasteiger partial charge in [0, 0.05) is 19.8 Å². The molecule has 3 unspecified atom stereocenters. The molecule has 1 saturated heterocycles. The van der Waals surface area contributed by atoms with Crippen LogP contribution in [0.5, 0.6) is 0 Å². The smallest absolute Gasteiger partial charge is 0.241 e. The summed E-state index contributed by atoms with van der Waals surface area (Å²) in [5, 5.41) is 3.40. The number of hydrogen-bond donors (Lipinski definition) is 1. The normalized spacial score (nSPS) is 25.4. The molecular formula is C15H30N2O2. The molecule has 1 amide bonds. The van der Waals surface area contributed by atoms with E-state index in [1.165, 1.54) is 0 Å². The van der Waals surface area contributed by atoms with E-state index in [2.05, 4.69) is 39.9 Å². The zero-order valence-corrected chi connectivity index (χ0v) is 13.1. The summed E-state index contributed by atoms with van der Waals surface area (Å²) in [7, 11) is 0. The highest BCUT2D eigenvalue weighted by atomic mass is 16.5. The lowest BCUT2D eigenvalue weighted by Crippen LogP contribution is -2.36. The van der Waals surface area contributed by atoms with Crippen LogP contribution < -0.4 is 5.32 Å². The topological polar surface area (TPSA) is 41.6 Å². The number of ether oxygens (including phenoxy) is 1. The molecular weight excluding hydrogens is 240 g/mol. The number of rotatable bonds is 8. The second-order valence-electron chi connectivity index (χ2n) is 6.06. The van der Waals surface area contributed by atoms with E-state index in [0.29, 0.717) is 11.8 Å². The van der Waals surface area contributed by atoms with E-state index >= 15 is 0 Å². The first-order valence-electron chi connectivity index (χ1n) is 7.61. The van der Waals surface area contributed by atoms with Crippen molar-refractivity contribution in [1.29, 1.82) is 0 Å². The van der Waals surface area contributed by atoms with Crippen LogP contribution in [0.1, 0.15) is 47.5 Å². The summed E-state index contributed by atoms with van der Waals surface area (Å²) < 4.78 is 5.56. The van der Waals surface area contributed by atoms with Crippen LogP contribution in [0.4, 0.5) is 0 Å². The van der Waals surface area contributed by atoms with Gasteiger partial charge in [0.05, 0.1) is 12.2 Å². The second-order valence-corrected chi connectivity index (χ2v) is 6.06. The Balaban J connectivity index is 2.32. The second kappa shape index (κ2) is 7.85. The summed E-state index contributed by atoms with van der Waals surface area (Å²) in [5.41, 5.74) is 0. The molecule has 0 aromatic rings. The first kappa shape index (κ1) is 16.4. The van der Waals surface area contributed by atoms with Crippen molar-refractivity contribution in [3.05, 3.63) is 0 Å². The highest BCUT2D eigenvalue weighted by molar-refractivity contribution is 5.84. The van der Waals surface area contributed by atoms with Crippen molar-refractivity contribution < 1.29 is 9.53 Å². The van der Waals surface area contributed by atoms with Crippen LogP contribution in [0.2, 0.25) is 0 Å². The number of amides is 1. The van der Waals surface area contributed by atoms with E-state index < -0.39 is 0 Å². The lowest BCUT2D eigenvalue weighted by atomic mass is 9.99. The van der Waals surface area contributed by atoms with Gasteiger partial charge in [-0.25, -0.2) is 0 Å². The molecule has 1 fully saturated rings. The fraction of sp³-hybridized carbons (Fsp3) is 0.933. The van der Waals surface area contributed by atoms with E-state index in [9.17, 15) is 4.79 Å². The van der Waals surface area contributed by atoms with E-state index in [1.807, 2.05) is 4.90 Å². The zero-order chi connectivity index (χ0) is 14.4. The Bertz CT molecular complexity index is 281. The first-order chi connectivity index (χ1) is 8.97. The van der Waals surface area contributed by atoms with Gasteiger partial charge in [-0.3, -0.25) is 10.1 Å². The van der Waals surface area contributed by atoms with E-state index in [-0.39, 0.29) is 18.1 Å². The molecule has 0 spiro atoms. The molecule has 4 nitrogen and oxygen atoms in total. The van der Waals surface area contributed by atoms with E-state index in [1.54, 1.807) is 0 Å². The minimum Gasteiger partial charge on any atom is -0.381 e. The number of nitrogens with zero attached hydrogens (tertiary/aromatic N) is 1. The van der Waals surface area contributed by atoms with Gasteiger partial charge in [-0.15, -0.1) is 0 Å². The van der Waals surface area contributed by atoms with Crippen LogP contribution in [0.3, 0.4) is 0 Å². The third kappa shape index (κ3) is 4.77. The van der Waals surface area contributed by atoms with E-state index in [0.717, 1.165) is 32.6 Å². The van der Waals surface area contributed by atoms with Gasteiger partial charge in [0.15, 0.2) is 0 Å². The van der Waals surface area contributed by atoms with Gasteiger partial charge >= 0.3 is 0 Å². The van der Waals surface area contributed by atoms with Gasteiger partial charge in [-0.1, -0.05) is 34.1 Å². The average molecular weight is 270 g/mol. The van der Waals surface area contributed by atoms with Crippen LogP contribution in [0, 0.1) is 11.8 Å². The zero-order valence-electron chi connectivity index (χ0n) is 13.1. The molecule has 1 heterocycles. The lowest BCUT2D eigenvalue weighted by molar-refractivity contribution is -0.130. The molecule has 0 aromatic heterocycles. The molecule has 1 aliphatic heterocycles. The van der Waals surface area contributed by atoms with Crippen molar-refractivity contribution in [2.24, 2.45) is 11.8 Å². The Morgan fingerprint density at radius 1 is 1.37 bits per heavy atom. The van der Waals surface area contributed by atoms with Crippen LogP contribution in [0.25, 0.3) is 0 Å². The molecule has 112 valence electrons. The summed E-state index contributed by atoms with van der Waals surface area (Å²) in [4.78, 5) is 14.3. The Hall–Kier alpha value is -0.610. The van der Waals surface area contributed by atoms with Gasteiger partial charge in [0.25, 0.3) is 0 Å². The molecule has 1 aliphatic rings.